The molecule has 1 fully saturated rings. The Hall–Kier alpha value is -0.360. The Kier molecular flexibility index (Phi) is 4.50. The molecule has 2 nitrogen and oxygen atoms in total. The third-order valence-corrected chi connectivity index (χ3v) is 5.69. The summed E-state index contributed by atoms with van der Waals surface area (Å²) in [7, 11) is 1.98. The second-order valence-electron chi connectivity index (χ2n) is 4.89. The second-order valence-corrected chi connectivity index (χ2v) is 8.64. The molecule has 0 saturated heterocycles. The van der Waals surface area contributed by atoms with E-state index in [0.29, 0.717) is 6.10 Å². The molecule has 1 saturated carbocycles. The average Bonchev–Trinajstić information content (AvgIpc) is 3.16. The van der Waals surface area contributed by atoms with Crippen molar-refractivity contribution in [2.75, 3.05) is 7.05 Å². The van der Waals surface area contributed by atoms with Crippen molar-refractivity contribution in [3.05, 3.63) is 49.0 Å². The summed E-state index contributed by atoms with van der Waals surface area (Å²) in [5.74, 6) is 0.968. The summed E-state index contributed by atoms with van der Waals surface area (Å²) in [6.07, 6.45) is 2.80. The van der Waals surface area contributed by atoms with Gasteiger partial charge in [-0.1, -0.05) is 12.1 Å². The Balaban J connectivity index is 1.90. The topological polar surface area (TPSA) is 21.3 Å². The monoisotopic (exact) mass is 415 g/mol. The molecule has 0 spiro atoms. The quantitative estimate of drug-likeness (QED) is 0.729. The highest BCUT2D eigenvalue weighted by molar-refractivity contribution is 9.12. The first-order chi connectivity index (χ1) is 9.67. The van der Waals surface area contributed by atoms with Gasteiger partial charge in [-0.2, -0.15) is 0 Å². The van der Waals surface area contributed by atoms with Crippen molar-refractivity contribution >= 4 is 43.2 Å². The number of hydrogen-bond donors (Lipinski definition) is 1. The third kappa shape index (κ3) is 3.27. The minimum absolute atomic E-state index is 0.162. The maximum atomic E-state index is 5.89. The van der Waals surface area contributed by atoms with Crippen molar-refractivity contribution in [2.24, 2.45) is 0 Å². The van der Waals surface area contributed by atoms with Gasteiger partial charge >= 0.3 is 0 Å². The summed E-state index contributed by atoms with van der Waals surface area (Å²) >= 11 is 8.88. The number of ether oxygens (including phenoxy) is 1. The number of thiophene rings is 1. The van der Waals surface area contributed by atoms with Gasteiger partial charge in [0.1, 0.15) is 5.75 Å². The fourth-order valence-electron chi connectivity index (χ4n) is 2.20. The van der Waals surface area contributed by atoms with Crippen LogP contribution in [0.2, 0.25) is 0 Å². The van der Waals surface area contributed by atoms with E-state index in [1.807, 2.05) is 13.1 Å². The number of nitrogens with one attached hydrogen (secondary N) is 1. The highest BCUT2D eigenvalue weighted by Crippen LogP contribution is 2.38. The lowest BCUT2D eigenvalue weighted by Crippen LogP contribution is -2.17. The van der Waals surface area contributed by atoms with Gasteiger partial charge in [-0.05, 0) is 81.1 Å². The van der Waals surface area contributed by atoms with Crippen LogP contribution in [0.15, 0.2) is 37.9 Å². The molecule has 5 heteroatoms. The zero-order chi connectivity index (χ0) is 14.1. The molecule has 1 heterocycles. The molecule has 1 aliphatic carbocycles. The summed E-state index contributed by atoms with van der Waals surface area (Å²) in [4.78, 5) is 0. The Morgan fingerprint density at radius 1 is 1.30 bits per heavy atom. The molecule has 1 aromatic heterocycles. The number of halogens is 2. The smallest absolute Gasteiger partial charge is 0.120 e. The van der Waals surface area contributed by atoms with Gasteiger partial charge in [0.2, 0.25) is 0 Å². The van der Waals surface area contributed by atoms with Crippen LogP contribution in [0.1, 0.15) is 30.0 Å². The molecule has 0 bridgehead atoms. The standard InChI is InChI=1S/C15H15Br2NOS/c1-18-14(12-8-13(16)20-15(12)17)9-3-2-4-11(7-9)19-10-5-6-10/h2-4,7-8,10,14,18H,5-6H2,1H3. The van der Waals surface area contributed by atoms with Gasteiger partial charge in [0, 0.05) is 0 Å². The molecule has 1 atom stereocenters. The molecule has 106 valence electrons. The zero-order valence-electron chi connectivity index (χ0n) is 11.0. The van der Waals surface area contributed by atoms with E-state index in [4.69, 9.17) is 4.74 Å². The van der Waals surface area contributed by atoms with Gasteiger partial charge < -0.3 is 10.1 Å². The van der Waals surface area contributed by atoms with Crippen LogP contribution in [0.4, 0.5) is 0 Å². The van der Waals surface area contributed by atoms with E-state index >= 15 is 0 Å². The van der Waals surface area contributed by atoms with E-state index in [0.717, 1.165) is 13.3 Å². The van der Waals surface area contributed by atoms with Gasteiger partial charge in [0.25, 0.3) is 0 Å². The molecule has 2 aromatic rings. The van der Waals surface area contributed by atoms with Crippen LogP contribution in [0.25, 0.3) is 0 Å². The maximum absolute atomic E-state index is 5.89. The molecule has 0 amide bonds. The van der Waals surface area contributed by atoms with Gasteiger partial charge in [-0.25, -0.2) is 0 Å². The third-order valence-electron chi connectivity index (χ3n) is 3.30. The first-order valence-corrected chi connectivity index (χ1v) is 8.96. The number of rotatable bonds is 5. The largest absolute Gasteiger partial charge is 0.490 e. The fraction of sp³-hybridized carbons (Fsp3) is 0.333. The van der Waals surface area contributed by atoms with Gasteiger partial charge in [-0.3, -0.25) is 0 Å². The van der Waals surface area contributed by atoms with E-state index < -0.39 is 0 Å². The SMILES string of the molecule is CNC(c1cccc(OC2CC2)c1)c1cc(Br)sc1Br. The lowest BCUT2D eigenvalue weighted by molar-refractivity contribution is 0.302. The first kappa shape index (κ1) is 14.6. The van der Waals surface area contributed by atoms with Crippen LogP contribution in [0.3, 0.4) is 0 Å². The first-order valence-electron chi connectivity index (χ1n) is 6.56. The fourth-order valence-corrected chi connectivity index (χ4v) is 5.10. The van der Waals surface area contributed by atoms with Crippen molar-refractivity contribution in [2.45, 2.75) is 25.0 Å². The number of hydrogen-bond acceptors (Lipinski definition) is 3. The lowest BCUT2D eigenvalue weighted by Gasteiger charge is -2.17. The highest BCUT2D eigenvalue weighted by Gasteiger charge is 2.24. The molecule has 1 aliphatic rings. The predicted octanol–water partition coefficient (Wildman–Crippen LogP) is 5.12. The van der Waals surface area contributed by atoms with Gasteiger partial charge in [-0.15, -0.1) is 11.3 Å². The Morgan fingerprint density at radius 2 is 2.10 bits per heavy atom. The maximum Gasteiger partial charge on any atom is 0.120 e. The molecule has 1 N–H and O–H groups in total. The van der Waals surface area contributed by atoms with Crippen molar-refractivity contribution < 1.29 is 4.74 Å². The van der Waals surface area contributed by atoms with Crippen molar-refractivity contribution in [1.29, 1.82) is 0 Å². The lowest BCUT2D eigenvalue weighted by atomic mass is 10.0. The van der Waals surface area contributed by atoms with Crippen LogP contribution < -0.4 is 10.1 Å². The summed E-state index contributed by atoms with van der Waals surface area (Å²) in [5, 5.41) is 3.39. The summed E-state index contributed by atoms with van der Waals surface area (Å²) in [6, 6.07) is 10.7. The van der Waals surface area contributed by atoms with Crippen molar-refractivity contribution in [3.8, 4) is 5.75 Å². The molecule has 1 unspecified atom stereocenters. The summed E-state index contributed by atoms with van der Waals surface area (Å²) in [5.41, 5.74) is 2.46. The van der Waals surface area contributed by atoms with Crippen LogP contribution in [0, 0.1) is 0 Å². The Labute approximate surface area is 139 Å². The number of benzene rings is 1. The minimum Gasteiger partial charge on any atom is -0.490 e. The van der Waals surface area contributed by atoms with E-state index in [9.17, 15) is 0 Å². The summed E-state index contributed by atoms with van der Waals surface area (Å²) in [6.45, 7) is 0. The van der Waals surface area contributed by atoms with Crippen molar-refractivity contribution in [3.63, 3.8) is 0 Å². The van der Waals surface area contributed by atoms with Crippen LogP contribution >= 0.6 is 43.2 Å². The van der Waals surface area contributed by atoms with Crippen LogP contribution in [-0.4, -0.2) is 13.2 Å². The minimum atomic E-state index is 0.162. The Morgan fingerprint density at radius 3 is 2.70 bits per heavy atom. The molecule has 20 heavy (non-hydrogen) atoms. The Bertz CT molecular complexity index is 610. The summed E-state index contributed by atoms with van der Waals surface area (Å²) < 4.78 is 8.17. The molecular formula is C15H15Br2NOS. The molecule has 0 aliphatic heterocycles. The molecule has 3 rings (SSSR count). The van der Waals surface area contributed by atoms with Gasteiger partial charge in [0.15, 0.2) is 0 Å². The van der Waals surface area contributed by atoms with Gasteiger partial charge in [0.05, 0.1) is 19.7 Å². The zero-order valence-corrected chi connectivity index (χ0v) is 15.0. The molecule has 1 aromatic carbocycles. The normalized spacial score (nSPS) is 16.1. The van der Waals surface area contributed by atoms with Crippen molar-refractivity contribution in [1.82, 2.24) is 5.32 Å². The average molecular weight is 417 g/mol. The van der Waals surface area contributed by atoms with E-state index in [-0.39, 0.29) is 6.04 Å². The predicted molar refractivity (Wildman–Crippen MR) is 90.7 cm³/mol. The molecular weight excluding hydrogens is 402 g/mol. The van der Waals surface area contributed by atoms with Crippen LogP contribution in [-0.2, 0) is 0 Å². The molecule has 0 radical (unpaired) electrons. The highest BCUT2D eigenvalue weighted by atomic mass is 79.9. The van der Waals surface area contributed by atoms with E-state index in [1.165, 1.54) is 24.0 Å². The van der Waals surface area contributed by atoms with Crippen LogP contribution in [0.5, 0.6) is 5.75 Å². The second kappa shape index (κ2) is 6.18. The van der Waals surface area contributed by atoms with E-state index in [1.54, 1.807) is 11.3 Å². The van der Waals surface area contributed by atoms with E-state index in [2.05, 4.69) is 61.4 Å².